The molecule has 0 atom stereocenters. The number of allylic oxidation sites excluding steroid dienone is 1. The SMILES string of the molecule is CCCCN1C(=CC(=O)c2cc(Cl)ccc2OC)SC=C1C(=O)NC. The molecule has 0 aliphatic carbocycles. The van der Waals surface area contributed by atoms with Crippen molar-refractivity contribution in [3.05, 3.63) is 51.0 Å². The first-order chi connectivity index (χ1) is 12.0. The van der Waals surface area contributed by atoms with E-state index in [1.807, 2.05) is 4.90 Å². The van der Waals surface area contributed by atoms with Gasteiger partial charge in [0, 0.05) is 30.1 Å². The maximum absolute atomic E-state index is 12.7. The quantitative estimate of drug-likeness (QED) is 0.575. The largest absolute Gasteiger partial charge is 0.496 e. The van der Waals surface area contributed by atoms with Crippen molar-refractivity contribution in [3.8, 4) is 5.75 Å². The summed E-state index contributed by atoms with van der Waals surface area (Å²) in [7, 11) is 3.10. The van der Waals surface area contributed by atoms with Gasteiger partial charge in [-0.3, -0.25) is 9.59 Å². The van der Waals surface area contributed by atoms with Crippen LogP contribution in [0.15, 0.2) is 40.4 Å². The molecule has 1 amide bonds. The third kappa shape index (κ3) is 4.58. The molecule has 5 nitrogen and oxygen atoms in total. The summed E-state index contributed by atoms with van der Waals surface area (Å²) in [4.78, 5) is 26.6. The zero-order valence-electron chi connectivity index (χ0n) is 14.5. The van der Waals surface area contributed by atoms with E-state index in [0.717, 1.165) is 17.9 Å². The predicted molar refractivity (Wildman–Crippen MR) is 102 cm³/mol. The van der Waals surface area contributed by atoms with E-state index in [-0.39, 0.29) is 11.7 Å². The Morgan fingerprint density at radius 3 is 2.80 bits per heavy atom. The number of halogens is 1. The van der Waals surface area contributed by atoms with E-state index in [4.69, 9.17) is 16.3 Å². The molecule has 0 spiro atoms. The average molecular weight is 381 g/mol. The van der Waals surface area contributed by atoms with Gasteiger partial charge < -0.3 is 15.0 Å². The van der Waals surface area contributed by atoms with Crippen molar-refractivity contribution in [1.82, 2.24) is 10.2 Å². The molecular weight excluding hydrogens is 360 g/mol. The fraction of sp³-hybridized carbons (Fsp3) is 0.333. The molecular formula is C18H21ClN2O3S. The Kier molecular flexibility index (Phi) is 6.96. The summed E-state index contributed by atoms with van der Waals surface area (Å²) in [5.41, 5.74) is 0.949. The molecule has 134 valence electrons. The summed E-state index contributed by atoms with van der Waals surface area (Å²) in [5, 5.41) is 5.59. The first-order valence-electron chi connectivity index (χ1n) is 7.97. The maximum Gasteiger partial charge on any atom is 0.268 e. The van der Waals surface area contributed by atoms with Crippen LogP contribution in [0.25, 0.3) is 0 Å². The standard InChI is InChI=1S/C18H21ClN2O3S/c1-4-5-8-21-14(18(23)20-2)11-25-17(21)10-15(22)13-9-12(19)6-7-16(13)24-3/h6-7,9-11H,4-5,8H2,1-3H3,(H,20,23). The number of hydrogen-bond donors (Lipinski definition) is 1. The molecule has 0 saturated heterocycles. The molecule has 0 saturated carbocycles. The van der Waals surface area contributed by atoms with Gasteiger partial charge >= 0.3 is 0 Å². The molecule has 2 rings (SSSR count). The minimum atomic E-state index is -0.213. The van der Waals surface area contributed by atoms with E-state index >= 15 is 0 Å². The Morgan fingerprint density at radius 1 is 1.40 bits per heavy atom. The number of thioether (sulfide) groups is 1. The molecule has 0 aromatic heterocycles. The zero-order chi connectivity index (χ0) is 18.4. The topological polar surface area (TPSA) is 58.6 Å². The van der Waals surface area contributed by atoms with Crippen molar-refractivity contribution < 1.29 is 14.3 Å². The van der Waals surface area contributed by atoms with Gasteiger partial charge in [0.1, 0.15) is 11.4 Å². The number of methoxy groups -OCH3 is 1. The lowest BCUT2D eigenvalue weighted by Gasteiger charge is -2.22. The lowest BCUT2D eigenvalue weighted by atomic mass is 10.1. The van der Waals surface area contributed by atoms with Crippen LogP contribution in [-0.2, 0) is 4.79 Å². The lowest BCUT2D eigenvalue weighted by Crippen LogP contribution is -2.30. The van der Waals surface area contributed by atoms with Gasteiger partial charge in [0.2, 0.25) is 0 Å². The number of hydrogen-bond acceptors (Lipinski definition) is 5. The second-order valence-electron chi connectivity index (χ2n) is 5.40. The molecule has 1 aromatic rings. The van der Waals surface area contributed by atoms with Gasteiger partial charge in [0.15, 0.2) is 5.78 Å². The number of benzene rings is 1. The zero-order valence-corrected chi connectivity index (χ0v) is 16.0. The number of amides is 1. The predicted octanol–water partition coefficient (Wildman–Crippen LogP) is 3.81. The van der Waals surface area contributed by atoms with Gasteiger partial charge in [-0.2, -0.15) is 0 Å². The lowest BCUT2D eigenvalue weighted by molar-refractivity contribution is -0.118. The van der Waals surface area contributed by atoms with Crippen LogP contribution in [0.1, 0.15) is 30.1 Å². The van der Waals surface area contributed by atoms with Gasteiger partial charge in [0.25, 0.3) is 5.91 Å². The summed E-state index contributed by atoms with van der Waals surface area (Å²) in [6, 6.07) is 4.93. The minimum absolute atomic E-state index is 0.167. The molecule has 1 heterocycles. The first-order valence-corrected chi connectivity index (χ1v) is 9.23. The Hall–Kier alpha value is -1.92. The van der Waals surface area contributed by atoms with Crippen molar-refractivity contribution in [3.63, 3.8) is 0 Å². The molecule has 7 heteroatoms. The van der Waals surface area contributed by atoms with E-state index in [0.29, 0.717) is 28.6 Å². The van der Waals surface area contributed by atoms with Gasteiger partial charge in [0.05, 0.1) is 17.7 Å². The number of ether oxygens (including phenoxy) is 1. The summed E-state index contributed by atoms with van der Waals surface area (Å²) < 4.78 is 5.25. The number of nitrogens with one attached hydrogen (secondary N) is 1. The van der Waals surface area contributed by atoms with Crippen molar-refractivity contribution >= 4 is 35.1 Å². The van der Waals surface area contributed by atoms with Gasteiger partial charge in [-0.15, -0.1) is 0 Å². The van der Waals surface area contributed by atoms with Crippen LogP contribution in [0.2, 0.25) is 5.02 Å². The second kappa shape index (κ2) is 8.97. The van der Waals surface area contributed by atoms with E-state index < -0.39 is 0 Å². The summed E-state index contributed by atoms with van der Waals surface area (Å²) in [6.07, 6.45) is 3.44. The van der Waals surface area contributed by atoms with Gasteiger partial charge in [-0.1, -0.05) is 36.7 Å². The van der Waals surface area contributed by atoms with Crippen molar-refractivity contribution in [2.45, 2.75) is 19.8 Å². The average Bonchev–Trinajstić information content (AvgIpc) is 3.01. The van der Waals surface area contributed by atoms with Crippen LogP contribution in [0.4, 0.5) is 0 Å². The second-order valence-corrected chi connectivity index (χ2v) is 6.72. The van der Waals surface area contributed by atoms with Crippen molar-refractivity contribution in [2.75, 3.05) is 20.7 Å². The van der Waals surface area contributed by atoms with Crippen LogP contribution >= 0.6 is 23.4 Å². The normalized spacial score (nSPS) is 15.3. The van der Waals surface area contributed by atoms with Gasteiger partial charge in [-0.05, 0) is 24.6 Å². The Balaban J connectivity index is 2.31. The number of unbranched alkanes of at least 4 members (excludes halogenated alkanes) is 1. The van der Waals surface area contributed by atoms with E-state index in [1.54, 1.807) is 30.7 Å². The monoisotopic (exact) mass is 380 g/mol. The van der Waals surface area contributed by atoms with Crippen LogP contribution in [0, 0.1) is 0 Å². The molecule has 0 radical (unpaired) electrons. The fourth-order valence-corrected chi connectivity index (χ4v) is 3.52. The molecule has 1 aromatic carbocycles. The van der Waals surface area contributed by atoms with Crippen LogP contribution < -0.4 is 10.1 Å². The fourth-order valence-electron chi connectivity index (χ4n) is 2.39. The Bertz CT molecular complexity index is 731. The first kappa shape index (κ1) is 19.4. The number of rotatable bonds is 7. The highest BCUT2D eigenvalue weighted by molar-refractivity contribution is 8.06. The van der Waals surface area contributed by atoms with Crippen molar-refractivity contribution in [1.29, 1.82) is 0 Å². The van der Waals surface area contributed by atoms with Crippen LogP contribution in [0.5, 0.6) is 5.75 Å². The van der Waals surface area contributed by atoms with Crippen LogP contribution in [0.3, 0.4) is 0 Å². The highest BCUT2D eigenvalue weighted by atomic mass is 35.5. The van der Waals surface area contributed by atoms with E-state index in [9.17, 15) is 9.59 Å². The number of carbonyl (C=O) groups is 2. The molecule has 1 N–H and O–H groups in total. The third-order valence-corrected chi connectivity index (χ3v) is 4.88. The highest BCUT2D eigenvalue weighted by Crippen LogP contribution is 2.35. The molecule has 0 bridgehead atoms. The summed E-state index contributed by atoms with van der Waals surface area (Å²) in [5.74, 6) is 0.0866. The number of ketones is 1. The highest BCUT2D eigenvalue weighted by Gasteiger charge is 2.26. The molecule has 25 heavy (non-hydrogen) atoms. The maximum atomic E-state index is 12.7. The number of likely N-dealkylation sites (N-methyl/N-ethyl adjacent to an activating group) is 1. The summed E-state index contributed by atoms with van der Waals surface area (Å²) >= 11 is 7.37. The molecule has 0 unspecified atom stereocenters. The van der Waals surface area contributed by atoms with E-state index in [1.165, 1.54) is 24.9 Å². The number of nitrogens with zero attached hydrogens (tertiary/aromatic N) is 1. The van der Waals surface area contributed by atoms with Crippen LogP contribution in [-0.4, -0.2) is 37.3 Å². The van der Waals surface area contributed by atoms with Crippen molar-refractivity contribution in [2.24, 2.45) is 0 Å². The van der Waals surface area contributed by atoms with E-state index in [2.05, 4.69) is 12.2 Å². The Morgan fingerprint density at radius 2 is 2.16 bits per heavy atom. The smallest absolute Gasteiger partial charge is 0.268 e. The molecule has 1 aliphatic rings. The summed E-state index contributed by atoms with van der Waals surface area (Å²) in [6.45, 7) is 2.76. The van der Waals surface area contributed by atoms with Gasteiger partial charge in [-0.25, -0.2) is 0 Å². The Labute approximate surface area is 157 Å². The minimum Gasteiger partial charge on any atom is -0.496 e. The third-order valence-electron chi connectivity index (χ3n) is 3.72. The molecule has 0 fully saturated rings. The molecule has 1 aliphatic heterocycles. The number of carbonyl (C=O) groups excluding carboxylic acids is 2.